The van der Waals surface area contributed by atoms with E-state index in [-0.39, 0.29) is 11.7 Å². The molecule has 1 aliphatic rings. The molecule has 7 nitrogen and oxygen atoms in total. The van der Waals surface area contributed by atoms with Crippen LogP contribution in [-0.2, 0) is 6.54 Å². The predicted octanol–water partition coefficient (Wildman–Crippen LogP) is 4.36. The Morgan fingerprint density at radius 1 is 1.18 bits per heavy atom. The second-order valence-electron chi connectivity index (χ2n) is 8.52. The van der Waals surface area contributed by atoms with Crippen molar-refractivity contribution in [3.63, 3.8) is 0 Å². The van der Waals surface area contributed by atoms with Gasteiger partial charge in [-0.05, 0) is 44.5 Å². The summed E-state index contributed by atoms with van der Waals surface area (Å²) in [6, 6.07) is 10.2. The quantitative estimate of drug-likeness (QED) is 0.604. The molecule has 0 aliphatic carbocycles. The third kappa shape index (κ3) is 5.17. The standard InChI is InChI=1S/C25H29FN6O/c1-17-19(25(33)30-21-11-5-4-10-20(21)26)15-28-23(29-17)22-12-6-7-14-32(22)16-18-9-8-13-27-24(18)31(2)3/h4-5,8-11,13,15,22H,6-7,12,14,16H2,1-3H3,(H,30,33). The number of amides is 1. The van der Waals surface area contributed by atoms with Crippen molar-refractivity contribution in [1.29, 1.82) is 0 Å². The molecule has 1 unspecified atom stereocenters. The molecule has 33 heavy (non-hydrogen) atoms. The maximum atomic E-state index is 13.9. The van der Waals surface area contributed by atoms with E-state index < -0.39 is 11.7 Å². The van der Waals surface area contributed by atoms with E-state index in [1.807, 2.05) is 31.3 Å². The average Bonchev–Trinajstić information content (AvgIpc) is 2.81. The van der Waals surface area contributed by atoms with Crippen LogP contribution < -0.4 is 10.2 Å². The van der Waals surface area contributed by atoms with E-state index in [1.165, 1.54) is 12.1 Å². The number of aryl methyl sites for hydroxylation is 1. The molecule has 4 rings (SSSR count). The van der Waals surface area contributed by atoms with Crippen LogP contribution in [0.15, 0.2) is 48.8 Å². The van der Waals surface area contributed by atoms with E-state index in [4.69, 9.17) is 4.98 Å². The van der Waals surface area contributed by atoms with Crippen LogP contribution >= 0.6 is 0 Å². The maximum absolute atomic E-state index is 13.9. The number of hydrogen-bond donors (Lipinski definition) is 1. The van der Waals surface area contributed by atoms with Gasteiger partial charge in [-0.3, -0.25) is 9.69 Å². The molecule has 1 aliphatic heterocycles. The van der Waals surface area contributed by atoms with Gasteiger partial charge in [-0.2, -0.15) is 0 Å². The lowest BCUT2D eigenvalue weighted by Crippen LogP contribution is -2.34. The fraction of sp³-hybridized carbons (Fsp3) is 0.360. The molecule has 8 heteroatoms. The summed E-state index contributed by atoms with van der Waals surface area (Å²) in [5.41, 5.74) is 2.21. The molecule has 3 aromatic rings. The molecule has 0 spiro atoms. The van der Waals surface area contributed by atoms with Crippen molar-refractivity contribution in [2.75, 3.05) is 30.9 Å². The van der Waals surface area contributed by atoms with Gasteiger partial charge in [0.05, 0.1) is 23.0 Å². The average molecular weight is 449 g/mol. The number of hydrogen-bond acceptors (Lipinski definition) is 6. The second-order valence-corrected chi connectivity index (χ2v) is 8.52. The second kappa shape index (κ2) is 10.0. The number of likely N-dealkylation sites (tertiary alicyclic amines) is 1. The Hall–Kier alpha value is -3.39. The van der Waals surface area contributed by atoms with Gasteiger partial charge >= 0.3 is 0 Å². The van der Waals surface area contributed by atoms with Crippen molar-refractivity contribution in [3.8, 4) is 0 Å². The van der Waals surface area contributed by atoms with Gasteiger partial charge in [0.25, 0.3) is 5.91 Å². The zero-order valence-corrected chi connectivity index (χ0v) is 19.3. The first-order chi connectivity index (χ1) is 15.9. The summed E-state index contributed by atoms with van der Waals surface area (Å²) >= 11 is 0. The Kier molecular flexibility index (Phi) is 6.93. The number of benzene rings is 1. The first kappa shape index (κ1) is 22.8. The van der Waals surface area contributed by atoms with Gasteiger partial charge < -0.3 is 10.2 Å². The summed E-state index contributed by atoms with van der Waals surface area (Å²) in [7, 11) is 3.99. The molecule has 0 bridgehead atoms. The van der Waals surface area contributed by atoms with Crippen molar-refractivity contribution in [3.05, 3.63) is 77.3 Å². The zero-order chi connectivity index (χ0) is 23.4. The minimum Gasteiger partial charge on any atom is -0.362 e. The lowest BCUT2D eigenvalue weighted by Gasteiger charge is -2.35. The van der Waals surface area contributed by atoms with Crippen LogP contribution in [0.25, 0.3) is 0 Å². The van der Waals surface area contributed by atoms with Gasteiger partial charge in [0, 0.05) is 38.6 Å². The normalized spacial score (nSPS) is 16.4. The minimum atomic E-state index is -0.480. The monoisotopic (exact) mass is 448 g/mol. The van der Waals surface area contributed by atoms with Crippen LogP contribution in [0, 0.1) is 12.7 Å². The van der Waals surface area contributed by atoms with Gasteiger partial charge in [0.1, 0.15) is 17.5 Å². The molecule has 2 aromatic heterocycles. The van der Waals surface area contributed by atoms with E-state index >= 15 is 0 Å². The lowest BCUT2D eigenvalue weighted by atomic mass is 10.00. The third-order valence-electron chi connectivity index (χ3n) is 5.94. The highest BCUT2D eigenvalue weighted by Gasteiger charge is 2.28. The Labute approximate surface area is 193 Å². The number of halogens is 1. The van der Waals surface area contributed by atoms with E-state index in [1.54, 1.807) is 25.3 Å². The third-order valence-corrected chi connectivity index (χ3v) is 5.94. The van der Waals surface area contributed by atoms with Gasteiger partial charge in [-0.25, -0.2) is 19.3 Å². The summed E-state index contributed by atoms with van der Waals surface area (Å²) in [5, 5.41) is 2.61. The van der Waals surface area contributed by atoms with Gasteiger partial charge in [0.2, 0.25) is 0 Å². The first-order valence-corrected chi connectivity index (χ1v) is 11.2. The Morgan fingerprint density at radius 3 is 2.76 bits per heavy atom. The first-order valence-electron chi connectivity index (χ1n) is 11.2. The van der Waals surface area contributed by atoms with E-state index in [0.29, 0.717) is 17.1 Å². The number of carbonyl (C=O) groups excluding carboxylic acids is 1. The van der Waals surface area contributed by atoms with Crippen LogP contribution in [-0.4, -0.2) is 46.4 Å². The number of carbonyl (C=O) groups is 1. The molecule has 1 aromatic carbocycles. The number of nitrogens with one attached hydrogen (secondary N) is 1. The van der Waals surface area contributed by atoms with Gasteiger partial charge in [-0.15, -0.1) is 0 Å². The fourth-order valence-electron chi connectivity index (χ4n) is 4.27. The van der Waals surface area contributed by atoms with Crippen LogP contribution in [0.2, 0.25) is 0 Å². The molecule has 1 atom stereocenters. The number of para-hydroxylation sites is 1. The number of piperidine rings is 1. The predicted molar refractivity (Wildman–Crippen MR) is 127 cm³/mol. The number of aromatic nitrogens is 3. The molecular weight excluding hydrogens is 419 g/mol. The van der Waals surface area contributed by atoms with Crippen LogP contribution in [0.4, 0.5) is 15.9 Å². The SMILES string of the molecule is Cc1nc(C2CCCCN2Cc2cccnc2N(C)C)ncc1C(=O)Nc1ccccc1F. The minimum absolute atomic E-state index is 0.0661. The summed E-state index contributed by atoms with van der Waals surface area (Å²) in [6.07, 6.45) is 6.54. The molecule has 1 saturated heterocycles. The van der Waals surface area contributed by atoms with Crippen LogP contribution in [0.3, 0.4) is 0 Å². The van der Waals surface area contributed by atoms with Crippen molar-refractivity contribution >= 4 is 17.4 Å². The molecular formula is C25H29FN6O. The van der Waals surface area contributed by atoms with Crippen LogP contribution in [0.1, 0.15) is 52.7 Å². The zero-order valence-electron chi connectivity index (χ0n) is 19.3. The topological polar surface area (TPSA) is 74.2 Å². The lowest BCUT2D eigenvalue weighted by molar-refractivity contribution is 0.102. The summed E-state index contributed by atoms with van der Waals surface area (Å²) in [5.74, 6) is 0.769. The number of nitrogens with zero attached hydrogens (tertiary/aromatic N) is 5. The molecule has 3 heterocycles. The van der Waals surface area contributed by atoms with E-state index in [2.05, 4.69) is 26.3 Å². The highest BCUT2D eigenvalue weighted by Crippen LogP contribution is 2.32. The fourth-order valence-corrected chi connectivity index (χ4v) is 4.27. The van der Waals surface area contributed by atoms with Crippen LogP contribution in [0.5, 0.6) is 0 Å². The maximum Gasteiger partial charge on any atom is 0.259 e. The number of anilines is 2. The molecule has 1 amide bonds. The Morgan fingerprint density at radius 2 is 2.00 bits per heavy atom. The highest BCUT2D eigenvalue weighted by molar-refractivity contribution is 6.04. The molecule has 172 valence electrons. The summed E-state index contributed by atoms with van der Waals surface area (Å²) in [4.78, 5) is 30.9. The molecule has 0 radical (unpaired) electrons. The molecule has 0 saturated carbocycles. The smallest absolute Gasteiger partial charge is 0.259 e. The van der Waals surface area contributed by atoms with Crippen molar-refractivity contribution < 1.29 is 9.18 Å². The van der Waals surface area contributed by atoms with Gasteiger partial charge in [-0.1, -0.05) is 24.6 Å². The molecule has 1 fully saturated rings. The van der Waals surface area contributed by atoms with Crippen molar-refractivity contribution in [1.82, 2.24) is 19.9 Å². The largest absolute Gasteiger partial charge is 0.362 e. The number of rotatable bonds is 6. The van der Waals surface area contributed by atoms with E-state index in [9.17, 15) is 9.18 Å². The van der Waals surface area contributed by atoms with Crippen molar-refractivity contribution in [2.24, 2.45) is 0 Å². The Bertz CT molecular complexity index is 1140. The van der Waals surface area contributed by atoms with Gasteiger partial charge in [0.15, 0.2) is 0 Å². The highest BCUT2D eigenvalue weighted by atomic mass is 19.1. The summed E-state index contributed by atoms with van der Waals surface area (Å²) in [6.45, 7) is 3.49. The number of pyridine rings is 1. The summed E-state index contributed by atoms with van der Waals surface area (Å²) < 4.78 is 13.9. The van der Waals surface area contributed by atoms with Crippen molar-refractivity contribution in [2.45, 2.75) is 38.8 Å². The van der Waals surface area contributed by atoms with E-state index in [0.717, 1.165) is 43.7 Å². The molecule has 1 N–H and O–H groups in total. The Balaban J connectivity index is 1.54.